The molecule has 0 aliphatic heterocycles. The molecule has 0 saturated carbocycles. The van der Waals surface area contributed by atoms with E-state index in [0.717, 1.165) is 24.0 Å². The summed E-state index contributed by atoms with van der Waals surface area (Å²) < 4.78 is 15.0. The lowest BCUT2D eigenvalue weighted by molar-refractivity contribution is 0.0725. The van der Waals surface area contributed by atoms with Crippen LogP contribution in [-0.4, -0.2) is 41.2 Å². The normalized spacial score (nSPS) is 23.7. The zero-order valence-electron chi connectivity index (χ0n) is 21.7. The molecule has 3 rings (SSSR count). The van der Waals surface area contributed by atoms with E-state index in [1.165, 1.54) is 6.08 Å². The van der Waals surface area contributed by atoms with Crippen molar-refractivity contribution in [3.63, 3.8) is 0 Å². The highest BCUT2D eigenvalue weighted by molar-refractivity contribution is 6.31. The molecule has 35 heavy (non-hydrogen) atoms. The quantitative estimate of drug-likeness (QED) is 0.349. The largest absolute Gasteiger partial charge is 0.393 e. The Kier molecular flexibility index (Phi) is 14.4. The molecule has 0 fully saturated rings. The molecule has 196 valence electrons. The van der Waals surface area contributed by atoms with Crippen molar-refractivity contribution in [1.29, 1.82) is 0 Å². The van der Waals surface area contributed by atoms with Gasteiger partial charge in [-0.3, -0.25) is 0 Å². The summed E-state index contributed by atoms with van der Waals surface area (Å²) in [6, 6.07) is 15.3. The van der Waals surface area contributed by atoms with Crippen LogP contribution in [0.1, 0.15) is 76.0 Å². The molecule has 5 unspecified atom stereocenters. The van der Waals surface area contributed by atoms with Gasteiger partial charge >= 0.3 is 0 Å². The Morgan fingerprint density at radius 1 is 1.03 bits per heavy atom. The maximum Gasteiger partial charge on any atom is 0.137 e. The van der Waals surface area contributed by atoms with Gasteiger partial charge in [-0.25, -0.2) is 4.39 Å². The lowest BCUT2D eigenvalue weighted by Crippen LogP contribution is -2.41. The topological polar surface area (TPSA) is 92.5 Å². The van der Waals surface area contributed by atoms with Gasteiger partial charge in [0.25, 0.3) is 0 Å². The van der Waals surface area contributed by atoms with E-state index in [1.54, 1.807) is 12.1 Å². The zero-order valence-corrected chi connectivity index (χ0v) is 22.5. The Morgan fingerprint density at radius 2 is 1.66 bits per heavy atom. The molecule has 0 bridgehead atoms. The van der Waals surface area contributed by atoms with Crippen molar-refractivity contribution < 1.29 is 14.6 Å². The Labute approximate surface area is 216 Å². The molecule has 0 amide bonds. The number of rotatable bonds is 7. The van der Waals surface area contributed by atoms with Crippen molar-refractivity contribution in [3.05, 3.63) is 82.4 Å². The van der Waals surface area contributed by atoms with E-state index in [0.29, 0.717) is 17.1 Å². The first kappa shape index (κ1) is 31.3. The molecule has 7 atom stereocenters. The van der Waals surface area contributed by atoms with Crippen LogP contribution >= 0.6 is 11.6 Å². The van der Waals surface area contributed by atoms with Gasteiger partial charge in [-0.15, -0.1) is 0 Å². The number of hydrogen-bond acceptors (Lipinski definition) is 4. The minimum atomic E-state index is -1.47. The average Bonchev–Trinajstić information content (AvgIpc) is 2.84. The van der Waals surface area contributed by atoms with Crippen LogP contribution in [0.2, 0.25) is 5.02 Å². The summed E-state index contributed by atoms with van der Waals surface area (Å²) in [5.41, 5.74) is 14.9. The molecule has 2 aromatic carbocycles. The van der Waals surface area contributed by atoms with Crippen LogP contribution in [-0.2, 0) is 0 Å². The second-order valence-electron chi connectivity index (χ2n) is 8.90. The monoisotopic (exact) mass is 506 g/mol. The van der Waals surface area contributed by atoms with E-state index in [2.05, 4.69) is 6.92 Å². The Balaban J connectivity index is 0.000000670. The predicted molar refractivity (Wildman–Crippen MR) is 147 cm³/mol. The minimum absolute atomic E-state index is 0.0157. The van der Waals surface area contributed by atoms with E-state index in [9.17, 15) is 5.11 Å². The van der Waals surface area contributed by atoms with Gasteiger partial charge < -0.3 is 21.7 Å². The Hall–Kier alpha value is -1.76. The third kappa shape index (κ3) is 9.00. The van der Waals surface area contributed by atoms with Crippen molar-refractivity contribution in [2.75, 3.05) is 6.54 Å². The number of aliphatic hydroxyl groups excluding tert-OH is 2. The average molecular weight is 507 g/mol. The Bertz CT molecular complexity index is 876. The highest BCUT2D eigenvalue weighted by Gasteiger charge is 2.39. The number of halogens is 2. The number of alkyl halides is 1. The van der Waals surface area contributed by atoms with Gasteiger partial charge in [-0.05, 0) is 43.0 Å². The van der Waals surface area contributed by atoms with Crippen LogP contribution in [0.4, 0.5) is 4.39 Å². The smallest absolute Gasteiger partial charge is 0.137 e. The van der Waals surface area contributed by atoms with Gasteiger partial charge in [-0.1, -0.05) is 93.4 Å². The lowest BCUT2D eigenvalue weighted by Gasteiger charge is -2.36. The van der Waals surface area contributed by atoms with E-state index >= 15 is 4.39 Å². The van der Waals surface area contributed by atoms with Crippen LogP contribution in [0.3, 0.4) is 0 Å². The summed E-state index contributed by atoms with van der Waals surface area (Å²) in [6.07, 6.45) is 2.57. The first-order valence-electron chi connectivity index (χ1n) is 12.7. The third-order valence-corrected chi connectivity index (χ3v) is 6.49. The summed E-state index contributed by atoms with van der Waals surface area (Å²) in [6.45, 7) is 10.1. The molecule has 0 spiro atoms. The fourth-order valence-electron chi connectivity index (χ4n) is 4.38. The van der Waals surface area contributed by atoms with Crippen molar-refractivity contribution in [3.8, 4) is 0 Å². The number of nitrogens with two attached hydrogens (primary N) is 2. The standard InChI is InChI=1S/C22H26ClFN2O.C5H12O.C2H6/c1-13(26)16-8-10-20(27)22(24)21(16)17-11-15(7-9-19(17)23)18(12-25)14-5-3-2-4-6-14;1-3-4-5(2)6;1-2/h2-11,13,16,18,20-22,27H,12,25-26H2,1H3;5-6H,3-4H2,1-2H3;1-2H3/t13-,16?,18?,20?,21?,22?;5-;/m01./s1. The fourth-order valence-corrected chi connectivity index (χ4v) is 4.62. The zero-order chi connectivity index (χ0) is 26.5. The molecule has 6 heteroatoms. The number of hydrogen-bond donors (Lipinski definition) is 4. The summed E-state index contributed by atoms with van der Waals surface area (Å²) in [7, 11) is 0. The molecule has 0 aromatic heterocycles. The highest BCUT2D eigenvalue weighted by atomic mass is 35.5. The van der Waals surface area contributed by atoms with Crippen molar-refractivity contribution in [1.82, 2.24) is 0 Å². The second kappa shape index (κ2) is 16.1. The summed E-state index contributed by atoms with van der Waals surface area (Å²) >= 11 is 6.46. The number of aliphatic hydroxyl groups is 2. The van der Waals surface area contributed by atoms with Gasteiger partial charge in [-0.2, -0.15) is 0 Å². The molecule has 0 radical (unpaired) electrons. The minimum Gasteiger partial charge on any atom is -0.393 e. The molecule has 2 aromatic rings. The van der Waals surface area contributed by atoms with E-state index < -0.39 is 18.2 Å². The molecule has 4 nitrogen and oxygen atoms in total. The molecule has 0 saturated heterocycles. The molecule has 1 aliphatic rings. The van der Waals surface area contributed by atoms with Gasteiger partial charge in [0.1, 0.15) is 12.3 Å². The first-order chi connectivity index (χ1) is 16.7. The molecule has 0 heterocycles. The Morgan fingerprint density at radius 3 is 2.14 bits per heavy atom. The van der Waals surface area contributed by atoms with Crippen LogP contribution < -0.4 is 11.5 Å². The number of benzene rings is 2. The van der Waals surface area contributed by atoms with Crippen molar-refractivity contribution in [2.45, 2.75) is 83.7 Å². The van der Waals surface area contributed by atoms with Crippen LogP contribution in [0.5, 0.6) is 0 Å². The van der Waals surface area contributed by atoms with Gasteiger partial charge in [0.2, 0.25) is 0 Å². The third-order valence-electron chi connectivity index (χ3n) is 6.15. The SMILES string of the molecule is CC.CCC[C@@H](C)O.C[C@H](N)C1C=CC(O)C(F)C1c1cc(C(CN)c2ccccc2)ccc1Cl. The fraction of sp³-hybridized carbons (Fsp3) is 0.517. The molecular weight excluding hydrogens is 463 g/mol. The molecular formula is C29H44ClFN2O2. The maximum atomic E-state index is 15.0. The predicted octanol–water partition coefficient (Wildman–Crippen LogP) is 5.94. The van der Waals surface area contributed by atoms with Crippen LogP contribution in [0.25, 0.3) is 0 Å². The van der Waals surface area contributed by atoms with Gasteiger partial charge in [0, 0.05) is 35.4 Å². The molecule has 1 aliphatic carbocycles. The van der Waals surface area contributed by atoms with Crippen LogP contribution in [0, 0.1) is 5.92 Å². The van der Waals surface area contributed by atoms with Gasteiger partial charge in [0.05, 0.1) is 6.10 Å². The van der Waals surface area contributed by atoms with Crippen molar-refractivity contribution >= 4 is 11.6 Å². The lowest BCUT2D eigenvalue weighted by atomic mass is 9.73. The van der Waals surface area contributed by atoms with E-state index in [1.807, 2.05) is 70.2 Å². The summed E-state index contributed by atoms with van der Waals surface area (Å²) in [4.78, 5) is 0. The van der Waals surface area contributed by atoms with Crippen LogP contribution in [0.15, 0.2) is 60.7 Å². The highest BCUT2D eigenvalue weighted by Crippen LogP contribution is 2.42. The first-order valence-corrected chi connectivity index (χ1v) is 13.1. The summed E-state index contributed by atoms with van der Waals surface area (Å²) in [5, 5.41) is 19.1. The van der Waals surface area contributed by atoms with E-state index in [-0.39, 0.29) is 24.0 Å². The molecule has 6 N–H and O–H groups in total. The maximum absolute atomic E-state index is 15.0. The van der Waals surface area contributed by atoms with Crippen molar-refractivity contribution in [2.24, 2.45) is 17.4 Å². The van der Waals surface area contributed by atoms with Gasteiger partial charge in [0.15, 0.2) is 0 Å². The second-order valence-corrected chi connectivity index (χ2v) is 9.31. The summed E-state index contributed by atoms with van der Waals surface area (Å²) in [5.74, 6) is -0.867. The van der Waals surface area contributed by atoms with E-state index in [4.69, 9.17) is 28.2 Å².